The van der Waals surface area contributed by atoms with E-state index in [4.69, 9.17) is 0 Å². The summed E-state index contributed by atoms with van der Waals surface area (Å²) in [4.78, 5) is 12.1. The minimum Gasteiger partial charge on any atom is -0.299 e. The van der Waals surface area contributed by atoms with E-state index in [2.05, 4.69) is 43.3 Å². The van der Waals surface area contributed by atoms with Crippen molar-refractivity contribution in [2.24, 2.45) is 5.92 Å². The van der Waals surface area contributed by atoms with Gasteiger partial charge in [0.05, 0.1) is 0 Å². The first kappa shape index (κ1) is 14.5. The second-order valence-corrected chi connectivity index (χ2v) is 5.38. The number of hydrogen-bond acceptors (Lipinski definition) is 1. The van der Waals surface area contributed by atoms with E-state index in [1.807, 2.05) is 24.3 Å². The molecule has 1 heteroatoms. The molecular weight excluding hydrogens is 244 g/mol. The van der Waals surface area contributed by atoms with Crippen LogP contribution in [0.1, 0.15) is 30.9 Å². The van der Waals surface area contributed by atoms with E-state index >= 15 is 0 Å². The fourth-order valence-electron chi connectivity index (χ4n) is 2.35. The topological polar surface area (TPSA) is 17.1 Å². The fourth-order valence-corrected chi connectivity index (χ4v) is 2.35. The highest BCUT2D eigenvalue weighted by Crippen LogP contribution is 2.13. The predicted molar refractivity (Wildman–Crippen MR) is 83.7 cm³/mol. The van der Waals surface area contributed by atoms with Crippen molar-refractivity contribution in [3.63, 3.8) is 0 Å². The molecule has 0 saturated heterocycles. The third-order valence-electron chi connectivity index (χ3n) is 3.76. The summed E-state index contributed by atoms with van der Waals surface area (Å²) in [5.74, 6) is 0.531. The predicted octanol–water partition coefficient (Wildman–Crippen LogP) is 4.46. The second kappa shape index (κ2) is 7.64. The van der Waals surface area contributed by atoms with Gasteiger partial charge in [0.2, 0.25) is 0 Å². The third kappa shape index (κ3) is 4.65. The molecule has 0 aromatic heterocycles. The van der Waals surface area contributed by atoms with Gasteiger partial charge in [-0.1, -0.05) is 67.6 Å². The molecule has 0 N–H and O–H groups in total. The fraction of sp³-hybridized carbons (Fsp3) is 0.316. The van der Waals surface area contributed by atoms with Gasteiger partial charge in [-0.15, -0.1) is 0 Å². The van der Waals surface area contributed by atoms with Crippen molar-refractivity contribution in [1.82, 2.24) is 0 Å². The number of ketones is 1. The molecule has 2 aromatic carbocycles. The summed E-state index contributed by atoms with van der Waals surface area (Å²) < 4.78 is 0. The van der Waals surface area contributed by atoms with Gasteiger partial charge < -0.3 is 0 Å². The highest BCUT2D eigenvalue weighted by molar-refractivity contribution is 5.80. The Morgan fingerprint density at radius 1 is 0.850 bits per heavy atom. The monoisotopic (exact) mass is 266 g/mol. The van der Waals surface area contributed by atoms with Gasteiger partial charge in [0.15, 0.2) is 0 Å². The van der Waals surface area contributed by atoms with Crippen LogP contribution in [0.4, 0.5) is 0 Å². The van der Waals surface area contributed by atoms with Crippen LogP contribution in [-0.2, 0) is 17.6 Å². The number of rotatable bonds is 7. The Balaban J connectivity index is 1.75. The summed E-state index contributed by atoms with van der Waals surface area (Å²) >= 11 is 0. The van der Waals surface area contributed by atoms with E-state index in [-0.39, 0.29) is 5.92 Å². The number of hydrogen-bond donors (Lipinski definition) is 0. The van der Waals surface area contributed by atoms with Crippen LogP contribution in [0.2, 0.25) is 0 Å². The van der Waals surface area contributed by atoms with Crippen molar-refractivity contribution in [1.29, 1.82) is 0 Å². The minimum absolute atomic E-state index is 0.152. The Kier molecular flexibility index (Phi) is 5.55. The van der Waals surface area contributed by atoms with Crippen molar-refractivity contribution in [2.75, 3.05) is 0 Å². The SMILES string of the molecule is CC(CCc1ccccc1)C(=O)CCc1ccccc1. The maximum absolute atomic E-state index is 12.1. The van der Waals surface area contributed by atoms with Crippen LogP contribution in [0, 0.1) is 5.92 Å². The van der Waals surface area contributed by atoms with Crippen LogP contribution in [0.5, 0.6) is 0 Å². The van der Waals surface area contributed by atoms with Crippen LogP contribution in [0.25, 0.3) is 0 Å². The van der Waals surface area contributed by atoms with E-state index in [0.29, 0.717) is 12.2 Å². The summed E-state index contributed by atoms with van der Waals surface area (Å²) in [6.45, 7) is 2.05. The molecule has 2 aromatic rings. The average Bonchev–Trinajstić information content (AvgIpc) is 2.52. The molecule has 1 atom stereocenters. The highest BCUT2D eigenvalue weighted by Gasteiger charge is 2.12. The first-order valence-corrected chi connectivity index (χ1v) is 7.36. The van der Waals surface area contributed by atoms with Gasteiger partial charge in [0, 0.05) is 12.3 Å². The van der Waals surface area contributed by atoms with Crippen LogP contribution in [0.3, 0.4) is 0 Å². The molecule has 0 fully saturated rings. The van der Waals surface area contributed by atoms with Crippen molar-refractivity contribution >= 4 is 5.78 Å². The first-order chi connectivity index (χ1) is 9.75. The standard InChI is InChI=1S/C19H22O/c1-16(12-13-17-8-4-2-5-9-17)19(20)15-14-18-10-6-3-7-11-18/h2-11,16H,12-15H2,1H3. The molecular formula is C19H22O. The van der Waals surface area contributed by atoms with E-state index in [1.165, 1.54) is 11.1 Å². The van der Waals surface area contributed by atoms with Crippen molar-refractivity contribution in [3.8, 4) is 0 Å². The first-order valence-electron chi connectivity index (χ1n) is 7.36. The lowest BCUT2D eigenvalue weighted by Gasteiger charge is -2.10. The zero-order valence-corrected chi connectivity index (χ0v) is 12.1. The second-order valence-electron chi connectivity index (χ2n) is 5.38. The Morgan fingerprint density at radius 3 is 1.90 bits per heavy atom. The lowest BCUT2D eigenvalue weighted by molar-refractivity contribution is -0.122. The number of benzene rings is 2. The van der Waals surface area contributed by atoms with Crippen molar-refractivity contribution in [3.05, 3.63) is 71.8 Å². The number of carbonyl (C=O) groups excluding carboxylic acids is 1. The summed E-state index contributed by atoms with van der Waals surface area (Å²) in [5, 5.41) is 0. The molecule has 0 aliphatic rings. The van der Waals surface area contributed by atoms with Gasteiger partial charge in [-0.25, -0.2) is 0 Å². The highest BCUT2D eigenvalue weighted by atomic mass is 16.1. The van der Waals surface area contributed by atoms with Gasteiger partial charge in [0.1, 0.15) is 5.78 Å². The molecule has 0 radical (unpaired) electrons. The normalized spacial score (nSPS) is 12.1. The maximum Gasteiger partial charge on any atom is 0.136 e. The Labute approximate surface area is 121 Å². The molecule has 0 aliphatic carbocycles. The zero-order valence-electron chi connectivity index (χ0n) is 12.1. The lowest BCUT2D eigenvalue weighted by atomic mass is 9.94. The largest absolute Gasteiger partial charge is 0.299 e. The van der Waals surface area contributed by atoms with Gasteiger partial charge in [-0.3, -0.25) is 4.79 Å². The molecule has 2 rings (SSSR count). The van der Waals surface area contributed by atoms with Gasteiger partial charge in [-0.05, 0) is 30.4 Å². The molecule has 0 amide bonds. The molecule has 0 heterocycles. The van der Waals surface area contributed by atoms with E-state index < -0.39 is 0 Å². The number of aryl methyl sites for hydroxylation is 2. The zero-order chi connectivity index (χ0) is 14.2. The van der Waals surface area contributed by atoms with Crippen LogP contribution in [0.15, 0.2) is 60.7 Å². The van der Waals surface area contributed by atoms with E-state index in [9.17, 15) is 4.79 Å². The molecule has 0 spiro atoms. The van der Waals surface area contributed by atoms with Crippen LogP contribution >= 0.6 is 0 Å². The summed E-state index contributed by atoms with van der Waals surface area (Å²) in [7, 11) is 0. The summed E-state index contributed by atoms with van der Waals surface area (Å²) in [5.41, 5.74) is 2.56. The minimum atomic E-state index is 0.152. The van der Waals surface area contributed by atoms with Gasteiger partial charge in [-0.2, -0.15) is 0 Å². The Morgan fingerprint density at radius 2 is 1.35 bits per heavy atom. The average molecular weight is 266 g/mol. The van der Waals surface area contributed by atoms with Gasteiger partial charge >= 0.3 is 0 Å². The van der Waals surface area contributed by atoms with Crippen LogP contribution < -0.4 is 0 Å². The third-order valence-corrected chi connectivity index (χ3v) is 3.76. The summed E-state index contributed by atoms with van der Waals surface area (Å²) in [6, 6.07) is 20.6. The number of Topliss-reactive ketones (excluding diaryl/α,β-unsaturated/α-hetero) is 1. The quantitative estimate of drug-likeness (QED) is 0.723. The molecule has 0 bridgehead atoms. The molecule has 1 nitrogen and oxygen atoms in total. The maximum atomic E-state index is 12.1. The Hall–Kier alpha value is -1.89. The molecule has 1 unspecified atom stereocenters. The summed E-state index contributed by atoms with van der Waals surface area (Å²) in [6.07, 6.45) is 3.44. The molecule has 104 valence electrons. The Bertz CT molecular complexity index is 516. The molecule has 20 heavy (non-hydrogen) atoms. The van der Waals surface area contributed by atoms with E-state index in [0.717, 1.165) is 19.3 Å². The smallest absolute Gasteiger partial charge is 0.136 e. The lowest BCUT2D eigenvalue weighted by Crippen LogP contribution is -2.12. The van der Waals surface area contributed by atoms with Crippen molar-refractivity contribution in [2.45, 2.75) is 32.6 Å². The molecule has 0 aliphatic heterocycles. The molecule has 0 saturated carbocycles. The number of carbonyl (C=O) groups is 1. The van der Waals surface area contributed by atoms with E-state index in [1.54, 1.807) is 0 Å². The van der Waals surface area contributed by atoms with Crippen molar-refractivity contribution < 1.29 is 4.79 Å². The van der Waals surface area contributed by atoms with Crippen LogP contribution in [-0.4, -0.2) is 5.78 Å². The van der Waals surface area contributed by atoms with Gasteiger partial charge in [0.25, 0.3) is 0 Å².